The van der Waals surface area contributed by atoms with E-state index >= 15 is 0 Å². The molecule has 4 aliphatic heterocycles. The molecule has 320 valence electrons. The summed E-state index contributed by atoms with van der Waals surface area (Å²) in [4.78, 5) is 0. The highest BCUT2D eigenvalue weighted by molar-refractivity contribution is 7.49. The van der Waals surface area contributed by atoms with Gasteiger partial charge in [0.1, 0.15) is 36.6 Å². The monoisotopic (exact) mass is 908 g/mol. The first kappa shape index (κ1) is 42.5. The molecule has 0 amide bonds. The number of hydrogen-bond acceptors (Lipinski definition) is 18. The van der Waals surface area contributed by atoms with E-state index in [1.807, 2.05) is 0 Å². The first-order valence-corrected chi connectivity index (χ1v) is 24.7. The first-order valence-electron chi connectivity index (χ1n) is 18.8. The smallest absolute Gasteiger partial charge is 0.387 e. The van der Waals surface area contributed by atoms with Gasteiger partial charge in [0.25, 0.3) is 0 Å². The highest BCUT2D eigenvalue weighted by Crippen LogP contribution is 2.63. The summed E-state index contributed by atoms with van der Waals surface area (Å²) < 4.78 is 128. The van der Waals surface area contributed by atoms with Crippen molar-refractivity contribution in [1.29, 1.82) is 0 Å². The van der Waals surface area contributed by atoms with Crippen LogP contribution in [0.15, 0.2) is 97.1 Å². The molecule has 6 atom stereocenters. The molecular formula is C38H40O18P4. The van der Waals surface area contributed by atoms with E-state index in [4.69, 9.17) is 54.3 Å². The Balaban J connectivity index is 1.10. The molecule has 1 saturated carbocycles. The van der Waals surface area contributed by atoms with Crippen molar-refractivity contribution in [2.75, 3.05) is 0 Å². The van der Waals surface area contributed by atoms with Crippen LogP contribution in [0, 0.1) is 0 Å². The molecule has 0 radical (unpaired) electrons. The fourth-order valence-electron chi connectivity index (χ4n) is 7.17. The molecule has 1 fully saturated rings. The second kappa shape index (κ2) is 17.4. The number of benzene rings is 4. The molecule has 9 rings (SSSR count). The Labute approximate surface area is 344 Å². The highest BCUT2D eigenvalue weighted by atomic mass is 31.2. The third kappa shape index (κ3) is 9.15. The number of fused-ring (bicyclic) bond motifs is 4. The van der Waals surface area contributed by atoms with E-state index < -0.39 is 67.9 Å². The van der Waals surface area contributed by atoms with Crippen LogP contribution in [0.4, 0.5) is 0 Å². The van der Waals surface area contributed by atoms with Gasteiger partial charge < -0.3 is 10.2 Å². The number of phosphoric ester groups is 4. The van der Waals surface area contributed by atoms with Crippen LogP contribution in [0.25, 0.3) is 0 Å². The molecular weight excluding hydrogens is 868 g/mol. The Morgan fingerprint density at radius 2 is 0.500 bits per heavy atom. The average Bonchev–Trinajstić information content (AvgIpc) is 3.70. The molecule has 0 unspecified atom stereocenters. The standard InChI is InChI=1S/C38H40O18P4/c39-33-34(40)36(54-58(42)47-19-27-11-3-4-12-28(27)20-48-58)38(56-60(44)51-23-31-15-7-8-16-32(31)24-52-60)37(55-59(43)49-21-29-13-5-6-14-30(29)22-50-59)35(33)53-57(41)45-17-25-9-1-2-10-26(25)18-46-57/h1-16,33-40H,17-24H2/t33-,34-,35+,36+,37-,38+/m1/s1. The van der Waals surface area contributed by atoms with E-state index in [0.29, 0.717) is 44.5 Å². The maximum Gasteiger partial charge on any atom is 0.475 e. The zero-order valence-corrected chi connectivity index (χ0v) is 35.2. The third-order valence-corrected chi connectivity index (χ3v) is 16.1. The minimum Gasteiger partial charge on any atom is -0.387 e. The number of hydrogen-bond donors (Lipinski definition) is 2. The lowest BCUT2D eigenvalue weighted by Crippen LogP contribution is -2.65. The van der Waals surface area contributed by atoms with Crippen molar-refractivity contribution in [3.8, 4) is 0 Å². The largest absolute Gasteiger partial charge is 0.475 e. The van der Waals surface area contributed by atoms with Crippen molar-refractivity contribution in [2.24, 2.45) is 0 Å². The molecule has 4 aromatic rings. The molecule has 22 heteroatoms. The molecule has 1 aliphatic carbocycles. The summed E-state index contributed by atoms with van der Waals surface area (Å²) in [6, 6.07) is 27.8. The Morgan fingerprint density at radius 1 is 0.333 bits per heavy atom. The van der Waals surface area contributed by atoms with Gasteiger partial charge in [-0.3, -0.25) is 54.3 Å². The van der Waals surface area contributed by atoms with Gasteiger partial charge in [0.2, 0.25) is 0 Å². The van der Waals surface area contributed by atoms with E-state index in [9.17, 15) is 28.5 Å². The summed E-state index contributed by atoms with van der Waals surface area (Å²) in [6.07, 6.45) is -12.8. The van der Waals surface area contributed by atoms with Crippen molar-refractivity contribution in [1.82, 2.24) is 0 Å². The number of phosphoric acid groups is 4. The van der Waals surface area contributed by atoms with Crippen LogP contribution in [0.3, 0.4) is 0 Å². The number of aliphatic hydroxyl groups excluding tert-OH is 2. The van der Waals surface area contributed by atoms with Gasteiger partial charge in [-0.15, -0.1) is 0 Å². The lowest BCUT2D eigenvalue weighted by atomic mass is 9.85. The third-order valence-electron chi connectivity index (χ3n) is 10.5. The maximum absolute atomic E-state index is 14.6. The van der Waals surface area contributed by atoms with Crippen LogP contribution in [-0.4, -0.2) is 46.8 Å². The molecule has 0 aromatic heterocycles. The maximum atomic E-state index is 14.6. The first-order chi connectivity index (χ1) is 28.9. The van der Waals surface area contributed by atoms with Crippen LogP contribution < -0.4 is 0 Å². The van der Waals surface area contributed by atoms with E-state index in [0.717, 1.165) is 0 Å². The van der Waals surface area contributed by atoms with Gasteiger partial charge in [-0.1, -0.05) is 97.1 Å². The van der Waals surface area contributed by atoms with Crippen LogP contribution >= 0.6 is 31.3 Å². The molecule has 4 aromatic carbocycles. The summed E-state index contributed by atoms with van der Waals surface area (Å²) in [5.41, 5.74) is 5.01. The van der Waals surface area contributed by atoms with Crippen molar-refractivity contribution < 1.29 is 82.8 Å². The summed E-state index contributed by atoms with van der Waals surface area (Å²) >= 11 is 0. The highest BCUT2D eigenvalue weighted by Gasteiger charge is 2.61. The summed E-state index contributed by atoms with van der Waals surface area (Å²) in [5.74, 6) is 0. The number of aliphatic hydroxyl groups is 2. The minimum absolute atomic E-state index is 0.253. The molecule has 60 heavy (non-hydrogen) atoms. The van der Waals surface area contributed by atoms with Crippen LogP contribution in [0.2, 0.25) is 0 Å². The van der Waals surface area contributed by atoms with Gasteiger partial charge in [-0.2, -0.15) is 0 Å². The van der Waals surface area contributed by atoms with Gasteiger partial charge in [-0.25, -0.2) is 18.3 Å². The topological polar surface area (TPSA) is 219 Å². The molecule has 0 spiro atoms. The Bertz CT molecular complexity index is 2130. The van der Waals surface area contributed by atoms with E-state index in [2.05, 4.69) is 0 Å². The zero-order chi connectivity index (χ0) is 41.5. The lowest BCUT2D eigenvalue weighted by molar-refractivity contribution is -0.213. The van der Waals surface area contributed by atoms with Crippen molar-refractivity contribution in [3.63, 3.8) is 0 Å². The summed E-state index contributed by atoms with van der Waals surface area (Å²) in [7, 11) is -19.1. The molecule has 0 saturated heterocycles. The molecule has 18 nitrogen and oxygen atoms in total. The Hall–Kier alpha value is -2.76. The minimum atomic E-state index is -4.81. The van der Waals surface area contributed by atoms with Crippen molar-refractivity contribution in [3.05, 3.63) is 142 Å². The van der Waals surface area contributed by atoms with Gasteiger partial charge in [0.05, 0.1) is 52.9 Å². The summed E-state index contributed by atoms with van der Waals surface area (Å²) in [6.45, 7) is -2.10. The second-order valence-electron chi connectivity index (χ2n) is 14.3. The normalized spacial score (nSPS) is 29.2. The predicted molar refractivity (Wildman–Crippen MR) is 206 cm³/mol. The van der Waals surface area contributed by atoms with E-state index in [-0.39, 0.29) is 52.9 Å². The van der Waals surface area contributed by atoms with Crippen LogP contribution in [0.5, 0.6) is 0 Å². The van der Waals surface area contributed by atoms with Gasteiger partial charge >= 0.3 is 31.3 Å². The fourth-order valence-corrected chi connectivity index (χ4v) is 12.5. The van der Waals surface area contributed by atoms with E-state index in [1.54, 1.807) is 97.1 Å². The Kier molecular flexibility index (Phi) is 12.4. The predicted octanol–water partition coefficient (Wildman–Crippen LogP) is 7.68. The van der Waals surface area contributed by atoms with Crippen LogP contribution in [-0.2, 0) is 125 Å². The summed E-state index contributed by atoms with van der Waals surface area (Å²) in [5, 5.41) is 23.9. The zero-order valence-electron chi connectivity index (χ0n) is 31.6. The quantitative estimate of drug-likeness (QED) is 0.162. The second-order valence-corrected chi connectivity index (χ2v) is 20.8. The Morgan fingerprint density at radius 3 is 0.683 bits per heavy atom. The molecule has 2 N–H and O–H groups in total. The van der Waals surface area contributed by atoms with E-state index in [1.165, 1.54) is 0 Å². The fraction of sp³-hybridized carbons (Fsp3) is 0.368. The van der Waals surface area contributed by atoms with Gasteiger partial charge in [0, 0.05) is 0 Å². The van der Waals surface area contributed by atoms with Crippen molar-refractivity contribution >= 4 is 31.3 Å². The molecule has 4 heterocycles. The van der Waals surface area contributed by atoms with Gasteiger partial charge in [-0.05, 0) is 44.5 Å². The SMILES string of the molecule is O=P1(O[C@@H]2[C@H](OP3(=O)OCc4ccccc4CO3)[C@@H](OP3(=O)OCc4ccccc4CO3)[C@H](O)[C@@H](O)[C@@H]2OP2(=O)OCc3ccccc3CO2)OCc2ccccc2CO1. The number of rotatable bonds is 8. The lowest BCUT2D eigenvalue weighted by Gasteiger charge is -2.47. The molecule has 5 aliphatic rings. The average molecular weight is 909 g/mol. The molecule has 0 bridgehead atoms. The van der Waals surface area contributed by atoms with Crippen molar-refractivity contribution in [2.45, 2.75) is 89.5 Å². The van der Waals surface area contributed by atoms with Gasteiger partial charge in [0.15, 0.2) is 0 Å². The van der Waals surface area contributed by atoms with Crippen LogP contribution in [0.1, 0.15) is 44.5 Å².